The number of halogens is 6. The number of hydrogen-bond acceptors (Lipinski definition) is 1. The second-order valence-corrected chi connectivity index (χ2v) is 5.57. The van der Waals surface area contributed by atoms with Gasteiger partial charge in [-0.3, -0.25) is 0 Å². The van der Waals surface area contributed by atoms with Crippen molar-refractivity contribution in [2.45, 2.75) is 0 Å². The molecule has 0 aliphatic carbocycles. The molecule has 9 heavy (non-hydrogen) atoms. The molecule has 9 heteroatoms. The van der Waals surface area contributed by atoms with Crippen LogP contribution in [0.25, 0.3) is 0 Å². The van der Waals surface area contributed by atoms with Crippen molar-refractivity contribution in [1.82, 2.24) is 0 Å². The zero-order chi connectivity index (χ0) is 8.41. The first-order valence-corrected chi connectivity index (χ1v) is 7.10. The SMILES string of the molecule is [F][Ge-2]([F])([F])([F])([F])[F].[O]=[Zr+2]. The molecule has 0 aliphatic heterocycles. The Balaban J connectivity index is 0. The topological polar surface area (TPSA) is 17.1 Å². The van der Waals surface area contributed by atoms with Crippen LogP contribution in [0.4, 0.5) is 21.0 Å². The summed E-state index contributed by atoms with van der Waals surface area (Å²) < 4.78 is 67.8. The average molecular weight is 294 g/mol. The summed E-state index contributed by atoms with van der Waals surface area (Å²) >= 11 is -10.9. The van der Waals surface area contributed by atoms with E-state index in [1.807, 2.05) is 0 Å². The van der Waals surface area contributed by atoms with Gasteiger partial charge in [0.2, 0.25) is 0 Å². The van der Waals surface area contributed by atoms with Gasteiger partial charge < -0.3 is 0 Å². The van der Waals surface area contributed by atoms with Gasteiger partial charge in [0.15, 0.2) is 0 Å². The first kappa shape index (κ1) is 12.5. The molecule has 0 aromatic carbocycles. The Hall–Kier alpha value is 0.806. The molecule has 0 aromatic heterocycles. The minimum absolute atomic E-state index is 0.300. The molecular weight excluding hydrogens is 294 g/mol. The van der Waals surface area contributed by atoms with E-state index >= 15 is 0 Å². The van der Waals surface area contributed by atoms with Crippen LogP contribution in [0.3, 0.4) is 0 Å². The van der Waals surface area contributed by atoms with Crippen molar-refractivity contribution >= 4 is 13.9 Å². The van der Waals surface area contributed by atoms with E-state index in [-0.39, 0.29) is 0 Å². The van der Waals surface area contributed by atoms with Crippen LogP contribution in [0.5, 0.6) is 0 Å². The Kier molecular flexibility index (Phi) is 2.98. The molecule has 0 saturated carbocycles. The van der Waals surface area contributed by atoms with Crippen molar-refractivity contribution in [3.63, 3.8) is 0 Å². The van der Waals surface area contributed by atoms with Crippen LogP contribution in [0, 0.1) is 0 Å². The van der Waals surface area contributed by atoms with Crippen LogP contribution in [0.15, 0.2) is 0 Å². The van der Waals surface area contributed by atoms with Gasteiger partial charge in [-0.25, -0.2) is 0 Å². The summed E-state index contributed by atoms with van der Waals surface area (Å²) in [4.78, 5) is 0. The van der Waals surface area contributed by atoms with E-state index < -0.39 is 13.9 Å². The van der Waals surface area contributed by atoms with Gasteiger partial charge in [0, 0.05) is 0 Å². The van der Waals surface area contributed by atoms with Gasteiger partial charge in [-0.2, -0.15) is 0 Å². The molecule has 0 fully saturated rings. The average Bonchev–Trinajstić information content (AvgIpc) is 1.30. The minimum atomic E-state index is -11.2. The van der Waals surface area contributed by atoms with E-state index in [9.17, 15) is 21.0 Å². The molecule has 0 unspecified atom stereocenters. The second-order valence-electron chi connectivity index (χ2n) is 1.07. The molecule has 0 amide bonds. The van der Waals surface area contributed by atoms with Crippen molar-refractivity contribution < 1.29 is 48.5 Å². The third kappa shape index (κ3) is 628. The summed E-state index contributed by atoms with van der Waals surface area (Å²) in [6.07, 6.45) is 0. The molecule has 0 saturated heterocycles. The van der Waals surface area contributed by atoms with E-state index in [2.05, 4.69) is 0 Å². The maximum absolute atomic E-state index is 11.2. The van der Waals surface area contributed by atoms with Crippen molar-refractivity contribution in [3.8, 4) is 0 Å². The molecule has 0 heterocycles. The number of rotatable bonds is 0. The van der Waals surface area contributed by atoms with Crippen molar-refractivity contribution in [3.05, 3.63) is 0 Å². The Labute approximate surface area is 62.5 Å². The van der Waals surface area contributed by atoms with E-state index in [1.165, 1.54) is 0 Å². The fourth-order valence-corrected chi connectivity index (χ4v) is 0. The van der Waals surface area contributed by atoms with Gasteiger partial charge in [-0.15, -0.1) is 0 Å². The zero-order valence-electron chi connectivity index (χ0n) is 3.68. The predicted octanol–water partition coefficient (Wildman–Crippen LogP) is 2.02. The summed E-state index contributed by atoms with van der Waals surface area (Å²) in [6.45, 7) is 0. The first-order chi connectivity index (χ1) is 3.45. The van der Waals surface area contributed by atoms with Crippen LogP contribution in [-0.4, -0.2) is 13.9 Å². The molecule has 0 spiro atoms. The normalized spacial score (nSPS) is 18.7. The summed E-state index contributed by atoms with van der Waals surface area (Å²) in [7, 11) is 0. The summed E-state index contributed by atoms with van der Waals surface area (Å²) in [5.41, 5.74) is 0. The van der Waals surface area contributed by atoms with Gasteiger partial charge in [-0.1, -0.05) is 0 Å². The number of hydrogen-bond donors (Lipinski definition) is 0. The van der Waals surface area contributed by atoms with Gasteiger partial charge in [0.1, 0.15) is 0 Å². The van der Waals surface area contributed by atoms with E-state index in [4.69, 9.17) is 2.81 Å². The van der Waals surface area contributed by atoms with Crippen LogP contribution in [0.1, 0.15) is 0 Å². The fraction of sp³-hybridized carbons (Fsp3) is 0. The molecule has 0 rings (SSSR count). The molecule has 0 N–H and O–H groups in total. The van der Waals surface area contributed by atoms with E-state index in [0.717, 1.165) is 0 Å². The molecule has 56 valence electrons. The van der Waals surface area contributed by atoms with Crippen molar-refractivity contribution in [1.29, 1.82) is 0 Å². The zero-order valence-corrected chi connectivity index (χ0v) is 8.23. The molecular formula is F6GeOZr. The Morgan fingerprint density at radius 2 is 0.778 bits per heavy atom. The van der Waals surface area contributed by atoms with Gasteiger partial charge in [0.25, 0.3) is 0 Å². The predicted molar refractivity (Wildman–Crippen MR) is 13.1 cm³/mol. The Bertz CT molecular complexity index is 82.4. The van der Waals surface area contributed by atoms with Crippen LogP contribution < -0.4 is 0 Å². The Morgan fingerprint density at radius 1 is 0.778 bits per heavy atom. The second kappa shape index (κ2) is 2.15. The Morgan fingerprint density at radius 3 is 0.778 bits per heavy atom. The van der Waals surface area contributed by atoms with Gasteiger partial charge in [0.05, 0.1) is 0 Å². The summed E-state index contributed by atoms with van der Waals surface area (Å²) in [5, 5.41) is 0. The van der Waals surface area contributed by atoms with Crippen LogP contribution >= 0.6 is 0 Å². The first-order valence-electron chi connectivity index (χ1n) is 1.34. The molecule has 1 nitrogen and oxygen atoms in total. The summed E-state index contributed by atoms with van der Waals surface area (Å²) in [6, 6.07) is 0. The van der Waals surface area contributed by atoms with Crippen LogP contribution in [-0.2, 0) is 27.5 Å². The summed E-state index contributed by atoms with van der Waals surface area (Å²) in [5.74, 6) is 0. The van der Waals surface area contributed by atoms with Crippen molar-refractivity contribution in [2.75, 3.05) is 0 Å². The van der Waals surface area contributed by atoms with Gasteiger partial charge in [-0.05, 0) is 0 Å². The fourth-order valence-electron chi connectivity index (χ4n) is 0. The van der Waals surface area contributed by atoms with Gasteiger partial charge >= 0.3 is 62.4 Å². The van der Waals surface area contributed by atoms with Crippen molar-refractivity contribution in [2.24, 2.45) is 0 Å². The maximum atomic E-state index is 9.92. The quantitative estimate of drug-likeness (QED) is 0.493. The molecule has 0 bridgehead atoms. The molecule has 0 radical (unpaired) electrons. The monoisotopic (exact) mass is 294 g/mol. The molecule has 0 atom stereocenters. The van der Waals surface area contributed by atoms with Crippen LogP contribution in [0.2, 0.25) is 0 Å². The van der Waals surface area contributed by atoms with E-state index in [1.54, 1.807) is 0 Å². The third-order valence-corrected chi connectivity index (χ3v) is 0. The molecule has 0 aliphatic rings. The van der Waals surface area contributed by atoms with E-state index in [0.29, 0.717) is 24.7 Å². The third-order valence-electron chi connectivity index (χ3n) is 0. The molecule has 0 aromatic rings. The standard InChI is InChI=1S/F6Ge.O.Zr/c1-7(2,3,4,5)6;;/q-2;;+2.